The summed E-state index contributed by atoms with van der Waals surface area (Å²) in [7, 11) is 0. The second-order valence-corrected chi connectivity index (χ2v) is 5.80. The van der Waals surface area contributed by atoms with Crippen molar-refractivity contribution in [2.75, 3.05) is 19.7 Å². The van der Waals surface area contributed by atoms with Crippen LogP contribution in [0.3, 0.4) is 0 Å². The van der Waals surface area contributed by atoms with Crippen molar-refractivity contribution in [3.63, 3.8) is 0 Å². The van der Waals surface area contributed by atoms with E-state index >= 15 is 0 Å². The maximum absolute atomic E-state index is 12.1. The number of hydrogen-bond donors (Lipinski definition) is 3. The molecular weight excluding hydrogens is 204 g/mol. The number of aliphatic hydroxyl groups excluding tert-OH is 1. The molecule has 1 atom stereocenters. The molecule has 1 amide bonds. The van der Waals surface area contributed by atoms with E-state index in [4.69, 9.17) is 0 Å². The Hall–Kier alpha value is -0.610. The van der Waals surface area contributed by atoms with Crippen LogP contribution >= 0.6 is 0 Å². The summed E-state index contributed by atoms with van der Waals surface area (Å²) >= 11 is 0. The third-order valence-electron chi connectivity index (χ3n) is 4.65. The van der Waals surface area contributed by atoms with E-state index in [-0.39, 0.29) is 24.0 Å². The van der Waals surface area contributed by atoms with Crippen molar-refractivity contribution < 1.29 is 9.90 Å². The van der Waals surface area contributed by atoms with E-state index in [2.05, 4.69) is 10.6 Å². The average molecular weight is 224 g/mol. The van der Waals surface area contributed by atoms with E-state index < -0.39 is 0 Å². The largest absolute Gasteiger partial charge is 0.394 e. The lowest BCUT2D eigenvalue weighted by atomic mass is 9.91. The average Bonchev–Trinajstić information content (AvgIpc) is 3.19. The fourth-order valence-electron chi connectivity index (χ4n) is 3.02. The van der Waals surface area contributed by atoms with Crippen LogP contribution in [0, 0.1) is 11.3 Å². The highest BCUT2D eigenvalue weighted by atomic mass is 16.3. The Morgan fingerprint density at radius 2 is 2.00 bits per heavy atom. The summed E-state index contributed by atoms with van der Waals surface area (Å²) in [5.41, 5.74) is 0.0641. The highest BCUT2D eigenvalue weighted by Gasteiger charge is 2.59. The summed E-state index contributed by atoms with van der Waals surface area (Å²) in [5.74, 6) is 0.409. The molecule has 3 rings (SSSR count). The van der Waals surface area contributed by atoms with Crippen molar-refractivity contribution in [2.24, 2.45) is 11.3 Å². The highest BCUT2D eigenvalue weighted by Crippen LogP contribution is 2.58. The molecule has 4 nitrogen and oxygen atoms in total. The van der Waals surface area contributed by atoms with Crippen molar-refractivity contribution in [2.45, 2.75) is 37.6 Å². The molecule has 1 unspecified atom stereocenters. The zero-order valence-electron chi connectivity index (χ0n) is 9.59. The van der Waals surface area contributed by atoms with Gasteiger partial charge in [0.05, 0.1) is 12.1 Å². The van der Waals surface area contributed by atoms with E-state index in [1.165, 1.54) is 0 Å². The zero-order chi connectivity index (χ0) is 11.2. The Morgan fingerprint density at radius 3 is 2.56 bits per heavy atom. The predicted octanol–water partition coefficient (Wildman–Crippen LogP) is 0.0172. The third kappa shape index (κ3) is 1.64. The van der Waals surface area contributed by atoms with E-state index in [1.54, 1.807) is 0 Å². The van der Waals surface area contributed by atoms with Gasteiger partial charge in [0, 0.05) is 5.92 Å². The van der Waals surface area contributed by atoms with E-state index in [1.807, 2.05) is 0 Å². The van der Waals surface area contributed by atoms with Crippen LogP contribution in [-0.4, -0.2) is 36.2 Å². The van der Waals surface area contributed by atoms with Gasteiger partial charge in [-0.2, -0.15) is 0 Å². The molecule has 3 aliphatic rings. The van der Waals surface area contributed by atoms with Gasteiger partial charge in [0.25, 0.3) is 0 Å². The summed E-state index contributed by atoms with van der Waals surface area (Å²) in [6.07, 6.45) is 5.21. The Kier molecular flexibility index (Phi) is 2.27. The van der Waals surface area contributed by atoms with Crippen LogP contribution in [-0.2, 0) is 4.79 Å². The van der Waals surface area contributed by atoms with Crippen molar-refractivity contribution in [1.82, 2.24) is 10.6 Å². The van der Waals surface area contributed by atoms with Crippen LogP contribution in [0.4, 0.5) is 0 Å². The van der Waals surface area contributed by atoms with E-state index in [9.17, 15) is 9.90 Å². The second kappa shape index (κ2) is 3.44. The molecule has 0 bridgehead atoms. The van der Waals surface area contributed by atoms with Gasteiger partial charge in [-0.15, -0.1) is 0 Å². The fourth-order valence-corrected chi connectivity index (χ4v) is 3.02. The summed E-state index contributed by atoms with van der Waals surface area (Å²) in [5, 5.41) is 15.6. The molecule has 1 aliphatic heterocycles. The lowest BCUT2D eigenvalue weighted by molar-refractivity contribution is -0.124. The van der Waals surface area contributed by atoms with Gasteiger partial charge in [0.15, 0.2) is 0 Å². The molecule has 1 saturated heterocycles. The van der Waals surface area contributed by atoms with E-state index in [0.29, 0.717) is 5.41 Å². The minimum Gasteiger partial charge on any atom is -0.394 e. The fraction of sp³-hybridized carbons (Fsp3) is 0.917. The summed E-state index contributed by atoms with van der Waals surface area (Å²) in [6.45, 7) is 2.20. The van der Waals surface area contributed by atoms with Crippen molar-refractivity contribution in [3.05, 3.63) is 0 Å². The molecule has 16 heavy (non-hydrogen) atoms. The van der Waals surface area contributed by atoms with Crippen LogP contribution in [0.1, 0.15) is 32.1 Å². The SMILES string of the molecule is O=C(NC1(CO)CC1)C1CC12CCNCC2. The molecule has 0 aromatic rings. The lowest BCUT2D eigenvalue weighted by Gasteiger charge is -2.24. The molecule has 1 heterocycles. The first-order valence-electron chi connectivity index (χ1n) is 6.33. The predicted molar refractivity (Wildman–Crippen MR) is 59.8 cm³/mol. The quantitative estimate of drug-likeness (QED) is 0.633. The van der Waals surface area contributed by atoms with Gasteiger partial charge < -0.3 is 15.7 Å². The minimum atomic E-state index is -0.242. The first-order valence-corrected chi connectivity index (χ1v) is 6.33. The van der Waals surface area contributed by atoms with Crippen molar-refractivity contribution in [3.8, 4) is 0 Å². The van der Waals surface area contributed by atoms with Crippen LogP contribution < -0.4 is 10.6 Å². The Balaban J connectivity index is 1.57. The number of carbonyl (C=O) groups excluding carboxylic acids is 1. The van der Waals surface area contributed by atoms with E-state index in [0.717, 1.165) is 45.2 Å². The molecule has 1 spiro atoms. The van der Waals surface area contributed by atoms with Crippen LogP contribution in [0.25, 0.3) is 0 Å². The number of amides is 1. The number of rotatable bonds is 3. The first-order chi connectivity index (χ1) is 7.70. The van der Waals surface area contributed by atoms with Crippen LogP contribution in [0.5, 0.6) is 0 Å². The molecule has 4 heteroatoms. The molecule has 2 aliphatic carbocycles. The zero-order valence-corrected chi connectivity index (χ0v) is 9.59. The number of hydrogen-bond acceptors (Lipinski definition) is 3. The van der Waals surface area contributed by atoms with Gasteiger partial charge in [0.2, 0.25) is 5.91 Å². The highest BCUT2D eigenvalue weighted by molar-refractivity contribution is 5.83. The van der Waals surface area contributed by atoms with Gasteiger partial charge >= 0.3 is 0 Å². The van der Waals surface area contributed by atoms with Gasteiger partial charge in [-0.3, -0.25) is 4.79 Å². The number of carbonyl (C=O) groups is 1. The van der Waals surface area contributed by atoms with Gasteiger partial charge in [-0.05, 0) is 50.6 Å². The monoisotopic (exact) mass is 224 g/mol. The summed E-state index contributed by atoms with van der Waals surface area (Å²) in [4.78, 5) is 12.1. The molecule has 0 aromatic heterocycles. The molecule has 3 fully saturated rings. The Labute approximate surface area is 95.8 Å². The molecule has 2 saturated carbocycles. The topological polar surface area (TPSA) is 61.4 Å². The van der Waals surface area contributed by atoms with Crippen LogP contribution in [0.15, 0.2) is 0 Å². The van der Waals surface area contributed by atoms with Gasteiger partial charge in [-0.25, -0.2) is 0 Å². The standard InChI is InChI=1S/C12H20N2O2/c15-8-12(1-2-12)14-10(16)9-7-11(9)3-5-13-6-4-11/h9,13,15H,1-8H2,(H,14,16). The minimum absolute atomic E-state index is 0.0972. The molecule has 3 N–H and O–H groups in total. The normalized spacial score (nSPS) is 33.4. The third-order valence-corrected chi connectivity index (χ3v) is 4.65. The van der Waals surface area contributed by atoms with Gasteiger partial charge in [0.1, 0.15) is 0 Å². The lowest BCUT2D eigenvalue weighted by Crippen LogP contribution is -2.42. The molecule has 90 valence electrons. The molecule has 0 radical (unpaired) electrons. The summed E-state index contributed by atoms with van der Waals surface area (Å²) in [6, 6.07) is 0. The Bertz CT molecular complexity index is 306. The first kappa shape index (κ1) is 10.5. The number of piperidine rings is 1. The van der Waals surface area contributed by atoms with Gasteiger partial charge in [-0.1, -0.05) is 0 Å². The van der Waals surface area contributed by atoms with Crippen LogP contribution in [0.2, 0.25) is 0 Å². The maximum Gasteiger partial charge on any atom is 0.224 e. The molecular formula is C12H20N2O2. The van der Waals surface area contributed by atoms with Crippen molar-refractivity contribution in [1.29, 1.82) is 0 Å². The second-order valence-electron chi connectivity index (χ2n) is 5.80. The molecule has 0 aromatic carbocycles. The Morgan fingerprint density at radius 1 is 1.31 bits per heavy atom. The number of nitrogens with one attached hydrogen (secondary N) is 2. The van der Waals surface area contributed by atoms with Crippen molar-refractivity contribution >= 4 is 5.91 Å². The summed E-state index contributed by atoms with van der Waals surface area (Å²) < 4.78 is 0. The maximum atomic E-state index is 12.1. The smallest absolute Gasteiger partial charge is 0.224 e. The number of aliphatic hydroxyl groups is 1.